The number of hydrogen-bond donors (Lipinski definition) is 0. The molecule has 3 nitrogen and oxygen atoms in total. The topological polar surface area (TPSA) is 30.2 Å². The molecule has 0 amide bonds. The molecular formula is C11H6F3N3Se. The van der Waals surface area contributed by atoms with Gasteiger partial charge in [-0.25, -0.2) is 0 Å². The van der Waals surface area contributed by atoms with Crippen LogP contribution in [-0.4, -0.2) is 29.1 Å². The molecular weight excluding hydrogens is 310 g/mol. The van der Waals surface area contributed by atoms with Crippen molar-refractivity contribution in [1.29, 1.82) is 0 Å². The van der Waals surface area contributed by atoms with Gasteiger partial charge in [0.15, 0.2) is 0 Å². The number of hydrogen-bond acceptors (Lipinski definition) is 2. The molecule has 0 aliphatic heterocycles. The molecule has 0 aliphatic rings. The number of fused-ring (bicyclic) bond motifs is 1. The summed E-state index contributed by atoms with van der Waals surface area (Å²) in [5.74, 6) is 0. The fourth-order valence-corrected chi connectivity index (χ4v) is 3.13. The predicted octanol–water partition coefficient (Wildman–Crippen LogP) is 2.47. The Bertz CT molecular complexity index is 653. The number of benzene rings is 1. The number of rotatable bonds is 1. The van der Waals surface area contributed by atoms with E-state index in [1.54, 1.807) is 0 Å². The van der Waals surface area contributed by atoms with Gasteiger partial charge in [0.05, 0.1) is 0 Å². The van der Waals surface area contributed by atoms with Gasteiger partial charge in [0.1, 0.15) is 0 Å². The zero-order chi connectivity index (χ0) is 12.8. The van der Waals surface area contributed by atoms with E-state index in [1.807, 2.05) is 30.3 Å². The quantitative estimate of drug-likeness (QED) is 0.646. The molecule has 0 atom stereocenters. The van der Waals surface area contributed by atoms with Crippen LogP contribution in [-0.2, 0) is 6.18 Å². The first-order valence-corrected chi connectivity index (χ1v) is 6.74. The van der Waals surface area contributed by atoms with E-state index in [2.05, 4.69) is 10.1 Å². The average Bonchev–Trinajstić information content (AvgIpc) is 2.86. The van der Waals surface area contributed by atoms with Crippen molar-refractivity contribution in [2.75, 3.05) is 0 Å². The molecule has 0 fully saturated rings. The van der Waals surface area contributed by atoms with Crippen LogP contribution in [0.5, 0.6) is 0 Å². The van der Waals surface area contributed by atoms with E-state index in [0.29, 0.717) is 10.2 Å². The summed E-state index contributed by atoms with van der Waals surface area (Å²) in [6, 6.07) is 9.31. The van der Waals surface area contributed by atoms with E-state index in [-0.39, 0.29) is 0 Å². The van der Waals surface area contributed by atoms with Gasteiger partial charge in [-0.15, -0.1) is 0 Å². The van der Waals surface area contributed by atoms with Gasteiger partial charge in [-0.2, -0.15) is 0 Å². The number of nitrogens with zero attached hydrogens (tertiary/aromatic N) is 3. The first kappa shape index (κ1) is 11.5. The molecule has 0 saturated carbocycles. The van der Waals surface area contributed by atoms with Crippen molar-refractivity contribution in [1.82, 2.24) is 14.6 Å². The van der Waals surface area contributed by atoms with Gasteiger partial charge < -0.3 is 0 Å². The van der Waals surface area contributed by atoms with Crippen LogP contribution in [0.2, 0.25) is 0 Å². The van der Waals surface area contributed by atoms with Gasteiger partial charge >= 0.3 is 105 Å². The van der Waals surface area contributed by atoms with Crippen molar-refractivity contribution in [3.63, 3.8) is 0 Å². The third kappa shape index (κ3) is 1.95. The van der Waals surface area contributed by atoms with Crippen LogP contribution < -0.4 is 0 Å². The van der Waals surface area contributed by atoms with Crippen molar-refractivity contribution in [2.24, 2.45) is 0 Å². The van der Waals surface area contributed by atoms with Gasteiger partial charge in [-0.1, -0.05) is 0 Å². The first-order chi connectivity index (χ1) is 8.54. The third-order valence-corrected chi connectivity index (χ3v) is 4.38. The Morgan fingerprint density at radius 2 is 1.83 bits per heavy atom. The standard InChI is InChI=1S/C11H6F3N3Se/c12-11(13,14)9-16-17-6-8(15-10(17)18-9)7-4-2-1-3-5-7/h1-6H. The van der Waals surface area contributed by atoms with Gasteiger partial charge in [0.2, 0.25) is 0 Å². The van der Waals surface area contributed by atoms with Crippen LogP contribution in [0.25, 0.3) is 15.8 Å². The number of alkyl halides is 3. The first-order valence-electron chi connectivity index (χ1n) is 5.03. The van der Waals surface area contributed by atoms with Crippen LogP contribution in [0.1, 0.15) is 4.57 Å². The van der Waals surface area contributed by atoms with Crippen molar-refractivity contribution < 1.29 is 13.2 Å². The van der Waals surface area contributed by atoms with E-state index in [9.17, 15) is 13.2 Å². The molecule has 3 rings (SSSR count). The fraction of sp³-hybridized carbons (Fsp3) is 0.0909. The van der Waals surface area contributed by atoms with Gasteiger partial charge in [0.25, 0.3) is 0 Å². The van der Waals surface area contributed by atoms with Gasteiger partial charge in [0, 0.05) is 0 Å². The molecule has 2 heterocycles. The second-order valence-corrected chi connectivity index (χ2v) is 5.63. The molecule has 92 valence electrons. The Kier molecular flexibility index (Phi) is 2.53. The van der Waals surface area contributed by atoms with Crippen molar-refractivity contribution in [3.8, 4) is 11.3 Å². The van der Waals surface area contributed by atoms with Crippen molar-refractivity contribution in [2.45, 2.75) is 6.18 Å². The van der Waals surface area contributed by atoms with Gasteiger partial charge in [-0.05, 0) is 0 Å². The SMILES string of the molecule is FC(F)(F)c1nn2cc(-c3ccccc3)nc2[se]1. The minimum atomic E-state index is -4.35. The summed E-state index contributed by atoms with van der Waals surface area (Å²) < 4.78 is 38.3. The van der Waals surface area contributed by atoms with Crippen molar-refractivity contribution in [3.05, 3.63) is 41.1 Å². The fourth-order valence-electron chi connectivity index (χ4n) is 1.56. The maximum atomic E-state index is 12.5. The van der Waals surface area contributed by atoms with Crippen LogP contribution >= 0.6 is 0 Å². The van der Waals surface area contributed by atoms with Crippen LogP contribution in [0.15, 0.2) is 36.5 Å². The molecule has 0 N–H and O–H groups in total. The van der Waals surface area contributed by atoms with E-state index in [1.165, 1.54) is 10.7 Å². The summed E-state index contributed by atoms with van der Waals surface area (Å²) in [7, 11) is 0. The minimum absolute atomic E-state index is 0.383. The molecule has 0 aliphatic carbocycles. The maximum absolute atomic E-state index is 12.5. The second kappa shape index (κ2) is 3.96. The number of halogens is 3. The Hall–Kier alpha value is -1.59. The number of aromatic nitrogens is 3. The van der Waals surface area contributed by atoms with E-state index in [4.69, 9.17) is 0 Å². The van der Waals surface area contributed by atoms with E-state index >= 15 is 0 Å². The molecule has 3 aromatic rings. The summed E-state index contributed by atoms with van der Waals surface area (Å²) >= 11 is -0.870. The molecule has 7 heteroatoms. The zero-order valence-corrected chi connectivity index (χ0v) is 10.6. The third-order valence-electron chi connectivity index (χ3n) is 2.36. The number of imidazole rings is 1. The van der Waals surface area contributed by atoms with Crippen LogP contribution in [0, 0.1) is 0 Å². The average molecular weight is 316 g/mol. The summed E-state index contributed by atoms with van der Waals surface area (Å²) in [5.41, 5.74) is 1.52. The predicted molar refractivity (Wildman–Crippen MR) is 60.4 cm³/mol. The normalized spacial score (nSPS) is 12.2. The van der Waals surface area contributed by atoms with Crippen LogP contribution in [0.3, 0.4) is 0 Å². The Labute approximate surface area is 106 Å². The molecule has 0 unspecified atom stereocenters. The Morgan fingerprint density at radius 1 is 1.11 bits per heavy atom. The van der Waals surface area contributed by atoms with Crippen molar-refractivity contribution >= 4 is 19.0 Å². The summed E-state index contributed by atoms with van der Waals surface area (Å²) in [6.45, 7) is 0. The van der Waals surface area contributed by atoms with E-state index in [0.717, 1.165) is 5.56 Å². The Morgan fingerprint density at radius 3 is 2.44 bits per heavy atom. The molecule has 0 saturated heterocycles. The molecule has 18 heavy (non-hydrogen) atoms. The monoisotopic (exact) mass is 317 g/mol. The van der Waals surface area contributed by atoms with Crippen LogP contribution in [0.4, 0.5) is 13.2 Å². The van der Waals surface area contributed by atoms with Gasteiger partial charge in [-0.3, -0.25) is 0 Å². The molecule has 0 radical (unpaired) electrons. The Balaban J connectivity index is 2.07. The molecule has 2 aromatic heterocycles. The summed E-state index contributed by atoms with van der Waals surface area (Å²) in [5, 5.41) is 3.54. The summed E-state index contributed by atoms with van der Waals surface area (Å²) in [4.78, 5) is 4.20. The zero-order valence-electron chi connectivity index (χ0n) is 8.85. The molecule has 0 bridgehead atoms. The molecule has 1 aromatic carbocycles. The van der Waals surface area contributed by atoms with E-state index < -0.39 is 25.2 Å². The second-order valence-electron chi connectivity index (χ2n) is 3.62. The molecule has 0 spiro atoms. The summed E-state index contributed by atoms with van der Waals surface area (Å²) in [6.07, 6.45) is -2.82.